The lowest BCUT2D eigenvalue weighted by molar-refractivity contribution is 0.0335. The van der Waals surface area contributed by atoms with E-state index in [9.17, 15) is 4.79 Å². The van der Waals surface area contributed by atoms with Gasteiger partial charge >= 0.3 is 5.97 Å². The Morgan fingerprint density at radius 3 is 2.22 bits per heavy atom. The molecule has 1 unspecified atom stereocenters. The monoisotopic (exact) mass is 320 g/mol. The first kappa shape index (κ1) is 19.5. The summed E-state index contributed by atoms with van der Waals surface area (Å²) in [6.07, 6.45) is 7.13. The van der Waals surface area contributed by atoms with Crippen LogP contribution in [0.1, 0.15) is 69.7 Å². The van der Waals surface area contributed by atoms with Crippen LogP contribution < -0.4 is 11.1 Å². The minimum absolute atomic E-state index is 0.147. The Morgan fingerprint density at radius 1 is 1.13 bits per heavy atom. The number of rotatable bonds is 11. The van der Waals surface area contributed by atoms with Gasteiger partial charge in [-0.1, -0.05) is 39.5 Å². The maximum atomic E-state index is 12.1. The third-order valence-electron chi connectivity index (χ3n) is 3.96. The normalized spacial score (nSPS) is 12.3. The molecule has 0 aliphatic carbocycles. The van der Waals surface area contributed by atoms with E-state index in [1.54, 1.807) is 24.3 Å². The summed E-state index contributed by atoms with van der Waals surface area (Å²) in [5.41, 5.74) is 6.81. The third kappa shape index (κ3) is 8.03. The van der Waals surface area contributed by atoms with E-state index in [4.69, 9.17) is 10.5 Å². The lowest BCUT2D eigenvalue weighted by Crippen LogP contribution is -2.36. The van der Waals surface area contributed by atoms with Gasteiger partial charge in [-0.05, 0) is 44.0 Å². The molecule has 3 N–H and O–H groups in total. The van der Waals surface area contributed by atoms with Crippen LogP contribution in [0.2, 0.25) is 0 Å². The van der Waals surface area contributed by atoms with E-state index >= 15 is 0 Å². The summed E-state index contributed by atoms with van der Waals surface area (Å²) in [6, 6.07) is 7.34. The van der Waals surface area contributed by atoms with Crippen LogP contribution in [-0.4, -0.2) is 24.7 Å². The smallest absolute Gasteiger partial charge is 0.338 e. The van der Waals surface area contributed by atoms with E-state index in [1.165, 1.54) is 38.5 Å². The number of unbranched alkanes of at least 4 members (excludes halogenated alkanes) is 2. The number of carbonyl (C=O) groups excluding carboxylic acids is 1. The first-order valence-corrected chi connectivity index (χ1v) is 8.86. The van der Waals surface area contributed by atoms with Crippen molar-refractivity contribution >= 4 is 11.7 Å². The number of anilines is 1. The first-order valence-electron chi connectivity index (χ1n) is 8.86. The number of hydrogen-bond donors (Lipinski definition) is 2. The Bertz CT molecular complexity index is 437. The molecular weight excluding hydrogens is 288 g/mol. The van der Waals surface area contributed by atoms with Crippen LogP contribution in [0, 0.1) is 0 Å². The fourth-order valence-electron chi connectivity index (χ4n) is 2.49. The Labute approximate surface area is 140 Å². The fourth-order valence-corrected chi connectivity index (χ4v) is 2.49. The van der Waals surface area contributed by atoms with Gasteiger partial charge in [0, 0.05) is 18.3 Å². The van der Waals surface area contributed by atoms with Crippen LogP contribution >= 0.6 is 0 Å². The van der Waals surface area contributed by atoms with Gasteiger partial charge in [0.05, 0.1) is 5.56 Å². The summed E-state index contributed by atoms with van der Waals surface area (Å²) < 4.78 is 5.49. The highest BCUT2D eigenvalue weighted by Gasteiger charge is 2.14. The molecule has 1 aromatic carbocycles. The van der Waals surface area contributed by atoms with Crippen LogP contribution in [0.4, 0.5) is 5.69 Å². The van der Waals surface area contributed by atoms with Crippen molar-refractivity contribution in [3.05, 3.63) is 29.8 Å². The number of esters is 1. The number of carbonyl (C=O) groups is 1. The maximum absolute atomic E-state index is 12.1. The summed E-state index contributed by atoms with van der Waals surface area (Å²) in [6.45, 7) is 7.06. The molecule has 23 heavy (non-hydrogen) atoms. The van der Waals surface area contributed by atoms with Crippen molar-refractivity contribution in [2.75, 3.05) is 12.3 Å². The predicted molar refractivity (Wildman–Crippen MR) is 96.6 cm³/mol. The highest BCUT2D eigenvalue weighted by atomic mass is 16.5. The van der Waals surface area contributed by atoms with E-state index in [1.807, 2.05) is 6.92 Å². The summed E-state index contributed by atoms with van der Waals surface area (Å²) >= 11 is 0. The van der Waals surface area contributed by atoms with Crippen LogP contribution in [0.5, 0.6) is 0 Å². The molecule has 1 rings (SSSR count). The molecule has 0 radical (unpaired) electrons. The second-order valence-electron chi connectivity index (χ2n) is 6.23. The molecule has 4 heteroatoms. The van der Waals surface area contributed by atoms with E-state index in [-0.39, 0.29) is 12.1 Å². The number of nitrogens with one attached hydrogen (secondary N) is 1. The molecule has 0 bridgehead atoms. The molecule has 0 saturated heterocycles. The third-order valence-corrected chi connectivity index (χ3v) is 3.96. The number of nitrogen functional groups attached to an aromatic ring is 1. The van der Waals surface area contributed by atoms with E-state index in [2.05, 4.69) is 19.2 Å². The number of hydrogen-bond acceptors (Lipinski definition) is 4. The van der Waals surface area contributed by atoms with Crippen molar-refractivity contribution in [3.63, 3.8) is 0 Å². The lowest BCUT2D eigenvalue weighted by atomic mass is 10.0. The highest BCUT2D eigenvalue weighted by Crippen LogP contribution is 2.10. The van der Waals surface area contributed by atoms with Crippen molar-refractivity contribution in [3.8, 4) is 0 Å². The Hall–Kier alpha value is -1.55. The molecule has 0 saturated carbocycles. The van der Waals surface area contributed by atoms with Crippen LogP contribution in [0.15, 0.2) is 24.3 Å². The number of nitrogens with two attached hydrogens (primary N) is 1. The maximum Gasteiger partial charge on any atom is 0.338 e. The van der Waals surface area contributed by atoms with Gasteiger partial charge in [-0.25, -0.2) is 4.79 Å². The minimum atomic E-state index is -0.294. The Morgan fingerprint density at radius 2 is 1.70 bits per heavy atom. The van der Waals surface area contributed by atoms with Crippen molar-refractivity contribution in [2.24, 2.45) is 0 Å². The van der Waals surface area contributed by atoms with Gasteiger partial charge < -0.3 is 15.8 Å². The highest BCUT2D eigenvalue weighted by molar-refractivity contribution is 5.89. The summed E-state index contributed by atoms with van der Waals surface area (Å²) in [4.78, 5) is 12.1. The molecule has 130 valence electrons. The summed E-state index contributed by atoms with van der Waals surface area (Å²) in [7, 11) is 0. The van der Waals surface area contributed by atoms with E-state index in [0.717, 1.165) is 0 Å². The average molecular weight is 320 g/mol. The van der Waals surface area contributed by atoms with Gasteiger partial charge in [-0.15, -0.1) is 0 Å². The molecule has 0 fully saturated rings. The van der Waals surface area contributed by atoms with Gasteiger partial charge in [0.15, 0.2) is 0 Å². The van der Waals surface area contributed by atoms with Gasteiger partial charge in [0.1, 0.15) is 6.10 Å². The van der Waals surface area contributed by atoms with Gasteiger partial charge in [-0.2, -0.15) is 0 Å². The SMILES string of the molecule is CCCCC(CCCC)NCC(C)OC(=O)c1ccc(N)cc1. The zero-order chi connectivity index (χ0) is 17.1. The predicted octanol–water partition coefficient (Wildman–Crippen LogP) is 4.15. The van der Waals surface area contributed by atoms with Crippen LogP contribution in [0.25, 0.3) is 0 Å². The fraction of sp³-hybridized carbons (Fsp3) is 0.632. The molecule has 0 aromatic heterocycles. The van der Waals surface area contributed by atoms with Gasteiger partial charge in [0.2, 0.25) is 0 Å². The van der Waals surface area contributed by atoms with Crippen molar-refractivity contribution in [1.29, 1.82) is 0 Å². The first-order chi connectivity index (χ1) is 11.1. The second kappa shape index (κ2) is 11.1. The molecule has 1 aromatic rings. The Balaban J connectivity index is 2.39. The molecule has 0 heterocycles. The molecule has 0 aliphatic rings. The molecule has 0 spiro atoms. The molecular formula is C19H32N2O2. The summed E-state index contributed by atoms with van der Waals surface area (Å²) in [5.74, 6) is -0.294. The van der Waals surface area contributed by atoms with Crippen molar-refractivity contribution in [1.82, 2.24) is 5.32 Å². The minimum Gasteiger partial charge on any atom is -0.458 e. The van der Waals surface area contributed by atoms with Gasteiger partial charge in [-0.3, -0.25) is 0 Å². The number of ether oxygens (including phenoxy) is 1. The Kier molecular flexibility index (Phi) is 9.37. The topological polar surface area (TPSA) is 64.3 Å². The molecule has 4 nitrogen and oxygen atoms in total. The zero-order valence-corrected chi connectivity index (χ0v) is 14.8. The number of benzene rings is 1. The molecule has 0 amide bonds. The average Bonchev–Trinajstić information content (AvgIpc) is 2.54. The second-order valence-corrected chi connectivity index (χ2v) is 6.23. The lowest BCUT2D eigenvalue weighted by Gasteiger charge is -2.21. The molecule has 0 aliphatic heterocycles. The van der Waals surface area contributed by atoms with Crippen molar-refractivity contribution in [2.45, 2.75) is 71.4 Å². The quantitative estimate of drug-likeness (QED) is 0.475. The van der Waals surface area contributed by atoms with Crippen LogP contribution in [-0.2, 0) is 4.74 Å². The van der Waals surface area contributed by atoms with E-state index < -0.39 is 0 Å². The standard InChI is InChI=1S/C19H32N2O2/c1-4-6-8-18(9-7-5-2)21-14-15(3)23-19(22)16-10-12-17(20)13-11-16/h10-13,15,18,21H,4-9,14,20H2,1-3H3. The van der Waals surface area contributed by atoms with E-state index in [0.29, 0.717) is 23.8 Å². The molecule has 1 atom stereocenters. The zero-order valence-electron chi connectivity index (χ0n) is 14.8. The van der Waals surface area contributed by atoms with Gasteiger partial charge in [0.25, 0.3) is 0 Å². The van der Waals surface area contributed by atoms with Crippen LogP contribution in [0.3, 0.4) is 0 Å². The van der Waals surface area contributed by atoms with Crippen molar-refractivity contribution < 1.29 is 9.53 Å². The largest absolute Gasteiger partial charge is 0.458 e. The summed E-state index contributed by atoms with van der Waals surface area (Å²) in [5, 5.41) is 3.56.